The molecule has 0 radical (unpaired) electrons. The van der Waals surface area contributed by atoms with Gasteiger partial charge in [-0.3, -0.25) is 9.69 Å². The van der Waals surface area contributed by atoms with Gasteiger partial charge in [-0.1, -0.05) is 31.2 Å². The van der Waals surface area contributed by atoms with Gasteiger partial charge in [-0.05, 0) is 53.9 Å². The molecule has 1 aliphatic rings. The van der Waals surface area contributed by atoms with E-state index in [-0.39, 0.29) is 29.3 Å². The minimum Gasteiger partial charge on any atom is -0.364 e. The Morgan fingerprint density at radius 3 is 2.19 bits per heavy atom. The van der Waals surface area contributed by atoms with Crippen LogP contribution in [0.5, 0.6) is 0 Å². The Balaban J connectivity index is 1.54. The van der Waals surface area contributed by atoms with Crippen molar-refractivity contribution in [3.63, 3.8) is 0 Å². The zero-order chi connectivity index (χ0) is 26.1. The first-order valence-electron chi connectivity index (χ1n) is 12.3. The smallest absolute Gasteiger partial charge is 0.252 e. The van der Waals surface area contributed by atoms with Crippen molar-refractivity contribution in [1.29, 1.82) is 5.26 Å². The maximum Gasteiger partial charge on any atom is 0.252 e. The predicted molar refractivity (Wildman–Crippen MR) is 139 cm³/mol. The van der Waals surface area contributed by atoms with Crippen LogP contribution in [0.4, 0.5) is 14.5 Å². The van der Waals surface area contributed by atoms with E-state index in [0.29, 0.717) is 36.4 Å². The van der Waals surface area contributed by atoms with Crippen LogP contribution in [-0.2, 0) is 7.05 Å². The van der Waals surface area contributed by atoms with Crippen LogP contribution in [0, 0.1) is 23.0 Å². The van der Waals surface area contributed by atoms with Gasteiger partial charge in [-0.25, -0.2) is 13.8 Å². The maximum atomic E-state index is 13.7. The molecule has 0 spiro atoms. The van der Waals surface area contributed by atoms with Crippen LogP contribution in [-0.4, -0.2) is 40.1 Å². The number of hydrogen-bond acceptors (Lipinski definition) is 5. The number of aryl methyl sites for hydroxylation is 1. The number of nitrogens with zero attached hydrogens (tertiary/aromatic N) is 5. The first kappa shape index (κ1) is 24.6. The Morgan fingerprint density at radius 2 is 1.62 bits per heavy atom. The van der Waals surface area contributed by atoms with Crippen LogP contribution in [0.2, 0.25) is 0 Å². The Bertz CT molecular complexity index is 1480. The fourth-order valence-electron chi connectivity index (χ4n) is 5.28. The summed E-state index contributed by atoms with van der Waals surface area (Å²) in [6.45, 7) is 4.05. The molecule has 5 rings (SSSR count). The molecule has 2 aromatic carbocycles. The maximum absolute atomic E-state index is 13.7. The van der Waals surface area contributed by atoms with Gasteiger partial charge < -0.3 is 9.47 Å². The van der Waals surface area contributed by atoms with Crippen LogP contribution in [0.25, 0.3) is 11.0 Å². The number of aromatic nitrogens is 2. The molecule has 1 saturated heterocycles. The quantitative estimate of drug-likeness (QED) is 0.396. The molecule has 3 heterocycles. The molecule has 188 valence electrons. The predicted octanol–water partition coefficient (Wildman–Crippen LogP) is 4.77. The number of pyridine rings is 2. The normalized spacial score (nSPS) is 16.3. The molecule has 1 fully saturated rings. The van der Waals surface area contributed by atoms with Crippen LogP contribution in [0.15, 0.2) is 71.5 Å². The number of hydrogen-bond donors (Lipinski definition) is 0. The molecule has 0 aliphatic carbocycles. The number of rotatable bonds is 5. The van der Waals surface area contributed by atoms with Gasteiger partial charge in [0.05, 0.1) is 17.2 Å². The molecule has 1 atom stereocenters. The largest absolute Gasteiger partial charge is 0.364 e. The fraction of sp³-hybridized carbons (Fsp3) is 0.276. The topological polar surface area (TPSA) is 65.2 Å². The summed E-state index contributed by atoms with van der Waals surface area (Å²) in [6, 6.07) is 19.9. The summed E-state index contributed by atoms with van der Waals surface area (Å²) in [6.07, 6.45) is 0.810. The highest BCUT2D eigenvalue weighted by Gasteiger charge is 2.33. The zero-order valence-electron chi connectivity index (χ0n) is 20.7. The molecular formula is C29H27F2N5O. The van der Waals surface area contributed by atoms with Crippen molar-refractivity contribution in [2.75, 3.05) is 24.5 Å². The highest BCUT2D eigenvalue weighted by atomic mass is 19.1. The highest BCUT2D eigenvalue weighted by molar-refractivity contribution is 5.89. The van der Waals surface area contributed by atoms with Gasteiger partial charge in [-0.2, -0.15) is 5.26 Å². The third kappa shape index (κ3) is 4.70. The van der Waals surface area contributed by atoms with Crippen LogP contribution in [0.1, 0.15) is 36.2 Å². The van der Waals surface area contributed by atoms with Crippen molar-refractivity contribution in [2.24, 2.45) is 7.05 Å². The Hall–Kier alpha value is -4.09. The van der Waals surface area contributed by atoms with Crippen molar-refractivity contribution in [1.82, 2.24) is 14.5 Å². The van der Waals surface area contributed by atoms with Crippen molar-refractivity contribution in [3.8, 4) is 6.07 Å². The fourth-order valence-corrected chi connectivity index (χ4v) is 5.28. The molecule has 4 aromatic rings. The lowest BCUT2D eigenvalue weighted by atomic mass is 9.94. The summed E-state index contributed by atoms with van der Waals surface area (Å²) < 4.78 is 29.0. The number of piperazine rings is 1. The average molecular weight is 500 g/mol. The Kier molecular flexibility index (Phi) is 6.72. The molecule has 8 heteroatoms. The lowest BCUT2D eigenvalue weighted by molar-refractivity contribution is 0.181. The molecule has 0 amide bonds. The molecular weight excluding hydrogens is 472 g/mol. The van der Waals surface area contributed by atoms with Gasteiger partial charge in [0.15, 0.2) is 0 Å². The van der Waals surface area contributed by atoms with Gasteiger partial charge in [0.25, 0.3) is 5.56 Å². The third-order valence-electron chi connectivity index (χ3n) is 7.21. The van der Waals surface area contributed by atoms with E-state index in [1.54, 1.807) is 54.1 Å². The van der Waals surface area contributed by atoms with Gasteiger partial charge in [-0.15, -0.1) is 0 Å². The summed E-state index contributed by atoms with van der Waals surface area (Å²) in [5.74, 6) is -0.612. The van der Waals surface area contributed by atoms with Crippen molar-refractivity contribution in [3.05, 3.63) is 106 Å². The summed E-state index contributed by atoms with van der Waals surface area (Å²) in [4.78, 5) is 21.9. The summed E-state index contributed by atoms with van der Waals surface area (Å²) >= 11 is 0. The first-order chi connectivity index (χ1) is 17.9. The molecule has 0 bridgehead atoms. The number of anilines is 1. The van der Waals surface area contributed by atoms with E-state index in [1.807, 2.05) is 0 Å². The van der Waals surface area contributed by atoms with E-state index >= 15 is 0 Å². The molecule has 0 N–H and O–H groups in total. The summed E-state index contributed by atoms with van der Waals surface area (Å²) in [7, 11) is 1.70. The monoisotopic (exact) mass is 499 g/mol. The van der Waals surface area contributed by atoms with Gasteiger partial charge in [0.1, 0.15) is 28.9 Å². The van der Waals surface area contributed by atoms with Gasteiger partial charge in [0.2, 0.25) is 0 Å². The number of halogens is 2. The number of benzene rings is 2. The Morgan fingerprint density at radius 1 is 1.00 bits per heavy atom. The van der Waals surface area contributed by atoms with E-state index in [1.165, 1.54) is 24.3 Å². The second-order valence-electron chi connectivity index (χ2n) is 9.36. The number of fused-ring (bicyclic) bond motifs is 1. The van der Waals surface area contributed by atoms with Crippen LogP contribution < -0.4 is 10.5 Å². The molecule has 1 aliphatic heterocycles. The molecule has 2 aromatic heterocycles. The van der Waals surface area contributed by atoms with E-state index in [4.69, 9.17) is 0 Å². The minimum atomic E-state index is -0.306. The van der Waals surface area contributed by atoms with E-state index in [0.717, 1.165) is 23.2 Å². The van der Waals surface area contributed by atoms with Crippen molar-refractivity contribution >= 4 is 16.7 Å². The van der Waals surface area contributed by atoms with Crippen LogP contribution >= 0.6 is 0 Å². The lowest BCUT2D eigenvalue weighted by Crippen LogP contribution is -2.54. The van der Waals surface area contributed by atoms with Crippen LogP contribution in [0.3, 0.4) is 0 Å². The Labute approximate surface area is 214 Å². The van der Waals surface area contributed by atoms with Gasteiger partial charge >= 0.3 is 0 Å². The third-order valence-corrected chi connectivity index (χ3v) is 7.21. The standard InChI is InChI=1S/C29H27F2N5O/c1-3-24-18-35(29(19-4-8-21(30)9-5-19)20-6-10-22(31)11-7-20)14-15-36(24)26-16-27(37)34(2)25-13-12-23(17-32)33-28(25)26/h4-13,16,24,29H,3,14-15,18H2,1-2H3/t24-/m0/s1. The molecule has 37 heavy (non-hydrogen) atoms. The SMILES string of the molecule is CC[C@H]1CN(C(c2ccc(F)cc2)c2ccc(F)cc2)CCN1c1cc(=O)n(C)c2ccc(C#N)nc12. The molecule has 0 unspecified atom stereocenters. The average Bonchev–Trinajstić information content (AvgIpc) is 2.92. The number of nitriles is 1. The molecule has 0 saturated carbocycles. The molecule has 6 nitrogen and oxygen atoms in total. The van der Waals surface area contributed by atoms with Gasteiger partial charge in [0, 0.05) is 38.8 Å². The zero-order valence-corrected chi connectivity index (χ0v) is 20.7. The highest BCUT2D eigenvalue weighted by Crippen LogP contribution is 2.34. The second kappa shape index (κ2) is 10.1. The van der Waals surface area contributed by atoms with E-state index < -0.39 is 0 Å². The van der Waals surface area contributed by atoms with E-state index in [2.05, 4.69) is 27.8 Å². The van der Waals surface area contributed by atoms with E-state index in [9.17, 15) is 18.8 Å². The lowest BCUT2D eigenvalue weighted by Gasteiger charge is -2.45. The minimum absolute atomic E-state index is 0.0556. The second-order valence-corrected chi connectivity index (χ2v) is 9.36. The summed E-state index contributed by atoms with van der Waals surface area (Å²) in [5.41, 5.74) is 4.04. The van der Waals surface area contributed by atoms with Crippen molar-refractivity contribution in [2.45, 2.75) is 25.4 Å². The first-order valence-corrected chi connectivity index (χ1v) is 12.3. The summed E-state index contributed by atoms with van der Waals surface area (Å²) in [5, 5.41) is 9.42. The van der Waals surface area contributed by atoms with Crippen molar-refractivity contribution < 1.29 is 8.78 Å².